The van der Waals surface area contributed by atoms with Gasteiger partial charge in [0.25, 0.3) is 21.8 Å². The fraction of sp³-hybridized carbons (Fsp3) is 0.286. The van der Waals surface area contributed by atoms with Crippen LogP contribution in [0.15, 0.2) is 71.6 Å². The molecule has 1 heterocycles. The molecule has 0 bridgehead atoms. The number of nitrogens with zero attached hydrogens (tertiary/aromatic N) is 2. The van der Waals surface area contributed by atoms with E-state index in [4.69, 9.17) is 4.74 Å². The van der Waals surface area contributed by atoms with Gasteiger partial charge in [-0.25, -0.2) is 8.42 Å². The van der Waals surface area contributed by atoms with Crippen LogP contribution in [0.5, 0.6) is 5.75 Å². The number of piperazine rings is 1. The quantitative estimate of drug-likeness (QED) is 0.456. The van der Waals surface area contributed by atoms with Crippen molar-refractivity contribution in [2.75, 3.05) is 49.9 Å². The van der Waals surface area contributed by atoms with Gasteiger partial charge in [0, 0.05) is 43.1 Å². The van der Waals surface area contributed by atoms with Gasteiger partial charge >= 0.3 is 0 Å². The number of likely N-dealkylation sites (N-methyl/N-ethyl adjacent to an activating group) is 1. The van der Waals surface area contributed by atoms with Crippen molar-refractivity contribution in [1.82, 2.24) is 9.80 Å². The Labute approximate surface area is 223 Å². The Hall–Kier alpha value is -3.89. The number of hydrogen-bond acceptors (Lipinski definition) is 6. The number of nitrogens with one attached hydrogen (secondary N) is 2. The summed E-state index contributed by atoms with van der Waals surface area (Å²) in [6.45, 7) is 6.48. The van der Waals surface area contributed by atoms with Crippen LogP contribution < -0.4 is 14.8 Å². The number of anilines is 2. The molecule has 4 rings (SSSR count). The van der Waals surface area contributed by atoms with Crippen LogP contribution in [0.25, 0.3) is 0 Å². The summed E-state index contributed by atoms with van der Waals surface area (Å²) in [5.41, 5.74) is 3.21. The van der Waals surface area contributed by atoms with Crippen LogP contribution in [0.4, 0.5) is 11.4 Å². The molecular formula is C28H32N4O5S. The number of ether oxygens (including phenoxy) is 1. The number of hydrogen-bond donors (Lipinski definition) is 2. The van der Waals surface area contributed by atoms with Gasteiger partial charge in [-0.2, -0.15) is 0 Å². The van der Waals surface area contributed by atoms with Crippen LogP contribution >= 0.6 is 0 Å². The molecule has 2 amide bonds. The summed E-state index contributed by atoms with van der Waals surface area (Å²) < 4.78 is 33.7. The van der Waals surface area contributed by atoms with Gasteiger partial charge in [0.05, 0.1) is 4.90 Å². The van der Waals surface area contributed by atoms with Crippen LogP contribution in [0.2, 0.25) is 0 Å². The summed E-state index contributed by atoms with van der Waals surface area (Å²) in [5, 5.41) is 2.75. The van der Waals surface area contributed by atoms with E-state index in [0.29, 0.717) is 41.3 Å². The maximum absolute atomic E-state index is 12.7. The third-order valence-electron chi connectivity index (χ3n) is 6.33. The number of carbonyl (C=O) groups is 2. The first-order valence-corrected chi connectivity index (χ1v) is 13.8. The van der Waals surface area contributed by atoms with Crippen molar-refractivity contribution in [3.05, 3.63) is 83.4 Å². The second kappa shape index (κ2) is 11.7. The van der Waals surface area contributed by atoms with Crippen LogP contribution in [0.1, 0.15) is 21.5 Å². The van der Waals surface area contributed by atoms with Crippen molar-refractivity contribution in [3.8, 4) is 5.75 Å². The third-order valence-corrected chi connectivity index (χ3v) is 7.70. The predicted octanol–water partition coefficient (Wildman–Crippen LogP) is 3.51. The summed E-state index contributed by atoms with van der Waals surface area (Å²) >= 11 is 0. The minimum atomic E-state index is -3.77. The number of aryl methyl sites for hydroxylation is 2. The number of amides is 2. The maximum Gasteiger partial charge on any atom is 0.262 e. The van der Waals surface area contributed by atoms with Crippen molar-refractivity contribution in [2.45, 2.75) is 18.7 Å². The standard InChI is InChI=1S/C28H32N4O5S/c1-20-4-8-24(9-5-20)30-38(35,36)25-12-13-26(21(2)18-25)37-19-27(33)29-23-10-6-22(7-11-23)28(34)32-16-14-31(3)15-17-32/h4-13,18,30H,14-17,19H2,1-3H3,(H,29,33). The van der Waals surface area contributed by atoms with Crippen LogP contribution in [0, 0.1) is 13.8 Å². The van der Waals surface area contributed by atoms with Gasteiger partial charge in [0.2, 0.25) is 0 Å². The average molecular weight is 537 g/mol. The van der Waals surface area contributed by atoms with Gasteiger partial charge in [-0.15, -0.1) is 0 Å². The zero-order valence-electron chi connectivity index (χ0n) is 21.7. The molecule has 0 unspecified atom stereocenters. The van der Waals surface area contributed by atoms with Crippen molar-refractivity contribution >= 4 is 33.2 Å². The van der Waals surface area contributed by atoms with E-state index in [1.54, 1.807) is 43.3 Å². The van der Waals surface area contributed by atoms with E-state index in [1.807, 2.05) is 31.0 Å². The molecule has 1 fully saturated rings. The maximum atomic E-state index is 12.7. The summed E-state index contributed by atoms with van der Waals surface area (Å²) in [6, 6.07) is 18.3. The third kappa shape index (κ3) is 6.90. The Bertz CT molecular complexity index is 1400. The lowest BCUT2D eigenvalue weighted by atomic mass is 10.1. The molecule has 0 saturated carbocycles. The predicted molar refractivity (Wildman–Crippen MR) is 147 cm³/mol. The highest BCUT2D eigenvalue weighted by atomic mass is 32.2. The number of sulfonamides is 1. The highest BCUT2D eigenvalue weighted by Crippen LogP contribution is 2.24. The van der Waals surface area contributed by atoms with Gasteiger partial charge < -0.3 is 19.9 Å². The SMILES string of the molecule is Cc1ccc(NS(=O)(=O)c2ccc(OCC(=O)Nc3ccc(C(=O)N4CCN(C)CC4)cc3)c(C)c2)cc1. The fourth-order valence-electron chi connectivity index (χ4n) is 4.02. The smallest absolute Gasteiger partial charge is 0.262 e. The molecule has 0 aliphatic carbocycles. The molecule has 10 heteroatoms. The summed E-state index contributed by atoms with van der Waals surface area (Å²) in [4.78, 5) is 29.2. The Morgan fingerprint density at radius 2 is 1.50 bits per heavy atom. The van der Waals surface area contributed by atoms with E-state index < -0.39 is 10.0 Å². The molecule has 1 aliphatic rings. The lowest BCUT2D eigenvalue weighted by Crippen LogP contribution is -2.47. The van der Waals surface area contributed by atoms with Crippen LogP contribution in [0.3, 0.4) is 0 Å². The van der Waals surface area contributed by atoms with Gasteiger partial charge in [-0.05, 0) is 81.1 Å². The summed E-state index contributed by atoms with van der Waals surface area (Å²) in [5.74, 6) is 0.0112. The van der Waals surface area contributed by atoms with E-state index in [2.05, 4.69) is 14.9 Å². The minimum Gasteiger partial charge on any atom is -0.483 e. The lowest BCUT2D eigenvalue weighted by molar-refractivity contribution is -0.118. The zero-order valence-corrected chi connectivity index (χ0v) is 22.5. The Kier molecular flexibility index (Phi) is 8.33. The first kappa shape index (κ1) is 27.2. The monoisotopic (exact) mass is 536 g/mol. The normalized spacial score (nSPS) is 14.1. The average Bonchev–Trinajstić information content (AvgIpc) is 2.89. The highest BCUT2D eigenvalue weighted by molar-refractivity contribution is 7.92. The highest BCUT2D eigenvalue weighted by Gasteiger charge is 2.20. The van der Waals surface area contributed by atoms with Gasteiger partial charge in [0.1, 0.15) is 5.75 Å². The van der Waals surface area contributed by atoms with Crippen LogP contribution in [-0.4, -0.2) is 69.9 Å². The molecule has 200 valence electrons. The first-order chi connectivity index (χ1) is 18.1. The Morgan fingerprint density at radius 3 is 2.13 bits per heavy atom. The molecule has 0 aromatic heterocycles. The Morgan fingerprint density at radius 1 is 0.868 bits per heavy atom. The van der Waals surface area contributed by atoms with Crippen molar-refractivity contribution in [3.63, 3.8) is 0 Å². The molecule has 3 aromatic rings. The molecular weight excluding hydrogens is 504 g/mol. The fourth-order valence-corrected chi connectivity index (χ4v) is 5.16. The zero-order chi connectivity index (χ0) is 27.3. The van der Waals surface area contributed by atoms with E-state index in [-0.39, 0.29) is 23.3 Å². The lowest BCUT2D eigenvalue weighted by Gasteiger charge is -2.32. The first-order valence-electron chi connectivity index (χ1n) is 12.3. The van der Waals surface area contributed by atoms with E-state index in [9.17, 15) is 18.0 Å². The summed E-state index contributed by atoms with van der Waals surface area (Å²) in [6.07, 6.45) is 0. The van der Waals surface area contributed by atoms with Crippen molar-refractivity contribution in [2.24, 2.45) is 0 Å². The molecule has 1 saturated heterocycles. The Balaban J connectivity index is 1.30. The van der Waals surface area contributed by atoms with Gasteiger partial charge in [0.15, 0.2) is 6.61 Å². The number of benzene rings is 3. The summed E-state index contributed by atoms with van der Waals surface area (Å²) in [7, 11) is -1.73. The molecule has 9 nitrogen and oxygen atoms in total. The molecule has 0 atom stereocenters. The molecule has 38 heavy (non-hydrogen) atoms. The molecule has 3 aromatic carbocycles. The second-order valence-electron chi connectivity index (χ2n) is 9.41. The largest absolute Gasteiger partial charge is 0.483 e. The van der Waals surface area contributed by atoms with Gasteiger partial charge in [-0.1, -0.05) is 17.7 Å². The van der Waals surface area contributed by atoms with Gasteiger partial charge in [-0.3, -0.25) is 14.3 Å². The number of rotatable bonds is 8. The second-order valence-corrected chi connectivity index (χ2v) is 11.1. The number of carbonyl (C=O) groups excluding carboxylic acids is 2. The molecule has 0 radical (unpaired) electrons. The molecule has 0 spiro atoms. The van der Waals surface area contributed by atoms with Crippen molar-refractivity contribution < 1.29 is 22.7 Å². The van der Waals surface area contributed by atoms with E-state index in [1.165, 1.54) is 18.2 Å². The minimum absolute atomic E-state index is 0.0192. The van der Waals surface area contributed by atoms with E-state index >= 15 is 0 Å². The molecule has 1 aliphatic heterocycles. The van der Waals surface area contributed by atoms with Crippen LogP contribution in [-0.2, 0) is 14.8 Å². The molecule has 2 N–H and O–H groups in total. The topological polar surface area (TPSA) is 108 Å². The van der Waals surface area contributed by atoms with Crippen molar-refractivity contribution in [1.29, 1.82) is 0 Å². The van der Waals surface area contributed by atoms with E-state index in [0.717, 1.165) is 18.7 Å².